The van der Waals surface area contributed by atoms with Crippen molar-refractivity contribution < 1.29 is 18.3 Å². The third kappa shape index (κ3) is 4.46. The summed E-state index contributed by atoms with van der Waals surface area (Å²) < 4.78 is 39.7. The Morgan fingerprint density at radius 2 is 2.00 bits per heavy atom. The average Bonchev–Trinajstić information content (AvgIpc) is 2.87. The summed E-state index contributed by atoms with van der Waals surface area (Å²) in [6, 6.07) is 3.17. The van der Waals surface area contributed by atoms with Gasteiger partial charge in [-0.3, -0.25) is 4.68 Å². The molecule has 126 valence electrons. The molecule has 1 aromatic heterocycles. The van der Waals surface area contributed by atoms with Gasteiger partial charge >= 0.3 is 6.18 Å². The highest BCUT2D eigenvalue weighted by Crippen LogP contribution is 2.31. The molecule has 23 heavy (non-hydrogen) atoms. The van der Waals surface area contributed by atoms with E-state index >= 15 is 0 Å². The minimum absolute atomic E-state index is 0.110. The van der Waals surface area contributed by atoms with E-state index in [-0.39, 0.29) is 18.1 Å². The van der Waals surface area contributed by atoms with Gasteiger partial charge in [-0.1, -0.05) is 11.6 Å². The van der Waals surface area contributed by atoms with Gasteiger partial charge in [0.2, 0.25) is 0 Å². The number of aliphatic hydroxyl groups is 1. The van der Waals surface area contributed by atoms with Crippen LogP contribution in [0.2, 0.25) is 5.02 Å². The van der Waals surface area contributed by atoms with Crippen LogP contribution < -0.4 is 5.32 Å². The van der Waals surface area contributed by atoms with Crippen LogP contribution >= 0.6 is 11.6 Å². The van der Waals surface area contributed by atoms with Crippen molar-refractivity contribution in [1.82, 2.24) is 15.1 Å². The summed E-state index contributed by atoms with van der Waals surface area (Å²) in [6.07, 6.45) is -1.20. The van der Waals surface area contributed by atoms with Crippen molar-refractivity contribution in [2.24, 2.45) is 7.05 Å². The molecule has 1 heterocycles. The minimum atomic E-state index is -4.42. The van der Waals surface area contributed by atoms with E-state index in [1.165, 1.54) is 6.07 Å². The molecule has 1 atom stereocenters. The first-order valence-electron chi connectivity index (χ1n) is 6.87. The van der Waals surface area contributed by atoms with Crippen molar-refractivity contribution in [3.05, 3.63) is 52.3 Å². The number of hydrogen-bond donors (Lipinski definition) is 2. The second kappa shape index (κ2) is 6.51. The third-order valence-corrected chi connectivity index (χ3v) is 3.85. The second-order valence-electron chi connectivity index (χ2n) is 5.58. The van der Waals surface area contributed by atoms with E-state index in [1.54, 1.807) is 31.0 Å². The zero-order valence-corrected chi connectivity index (χ0v) is 13.4. The molecule has 0 saturated heterocycles. The Kier molecular flexibility index (Phi) is 5.03. The lowest BCUT2D eigenvalue weighted by atomic mass is 9.99. The fraction of sp³-hybridized carbons (Fsp3) is 0.400. The lowest BCUT2D eigenvalue weighted by molar-refractivity contribution is -0.137. The van der Waals surface area contributed by atoms with Gasteiger partial charge in [-0.25, -0.2) is 0 Å². The van der Waals surface area contributed by atoms with Gasteiger partial charge in [-0.05, 0) is 30.7 Å². The zero-order valence-electron chi connectivity index (χ0n) is 12.7. The highest BCUT2D eigenvalue weighted by molar-refractivity contribution is 6.31. The summed E-state index contributed by atoms with van der Waals surface area (Å²) in [6.45, 7) is 1.86. The van der Waals surface area contributed by atoms with Crippen molar-refractivity contribution in [1.29, 1.82) is 0 Å². The molecule has 2 aromatic rings. The van der Waals surface area contributed by atoms with Gasteiger partial charge in [0.25, 0.3) is 0 Å². The summed E-state index contributed by atoms with van der Waals surface area (Å²) in [5.74, 6) is 0. The van der Waals surface area contributed by atoms with E-state index in [0.717, 1.165) is 12.1 Å². The number of halogens is 4. The molecule has 1 aromatic carbocycles. The summed E-state index contributed by atoms with van der Waals surface area (Å²) in [7, 11) is 1.73. The summed E-state index contributed by atoms with van der Waals surface area (Å²) >= 11 is 5.93. The summed E-state index contributed by atoms with van der Waals surface area (Å²) in [5.41, 5.74) is -1.01. The lowest BCUT2D eigenvalue weighted by Gasteiger charge is -2.22. The van der Waals surface area contributed by atoms with Crippen molar-refractivity contribution >= 4 is 11.6 Å². The van der Waals surface area contributed by atoms with Gasteiger partial charge in [0.15, 0.2) is 0 Å². The third-order valence-electron chi connectivity index (χ3n) is 3.48. The maximum atomic E-state index is 12.7. The number of alkyl halides is 3. The van der Waals surface area contributed by atoms with E-state index in [0.29, 0.717) is 11.1 Å². The highest BCUT2D eigenvalue weighted by atomic mass is 35.5. The molecule has 0 radical (unpaired) electrons. The van der Waals surface area contributed by atoms with E-state index < -0.39 is 17.3 Å². The SMILES string of the molecule is Cn1cc([C@@](C)(O)CNCc2cc(C(F)(F)F)ccc2Cl)cn1. The molecule has 0 aliphatic rings. The summed E-state index contributed by atoms with van der Waals surface area (Å²) in [5, 5.41) is 17.6. The fourth-order valence-corrected chi connectivity index (χ4v) is 2.31. The van der Waals surface area contributed by atoms with Crippen LogP contribution in [0.4, 0.5) is 13.2 Å². The van der Waals surface area contributed by atoms with Gasteiger partial charge in [0.05, 0.1) is 11.8 Å². The molecule has 0 saturated carbocycles. The first-order chi connectivity index (χ1) is 10.6. The van der Waals surface area contributed by atoms with Gasteiger partial charge in [-0.15, -0.1) is 0 Å². The molecule has 0 spiro atoms. The number of hydrogen-bond acceptors (Lipinski definition) is 3. The maximum Gasteiger partial charge on any atom is 0.416 e. The molecule has 0 aliphatic heterocycles. The topological polar surface area (TPSA) is 50.1 Å². The quantitative estimate of drug-likeness (QED) is 0.874. The van der Waals surface area contributed by atoms with Crippen LogP contribution in [0.3, 0.4) is 0 Å². The average molecular weight is 348 g/mol. The van der Waals surface area contributed by atoms with Crippen LogP contribution in [0.25, 0.3) is 0 Å². The monoisotopic (exact) mass is 347 g/mol. The van der Waals surface area contributed by atoms with E-state index in [1.807, 2.05) is 0 Å². The first kappa shape index (κ1) is 17.8. The van der Waals surface area contributed by atoms with Crippen molar-refractivity contribution in [3.63, 3.8) is 0 Å². The molecule has 0 unspecified atom stereocenters. The Balaban J connectivity index is 2.04. The molecule has 4 nitrogen and oxygen atoms in total. The molecule has 0 bridgehead atoms. The van der Waals surface area contributed by atoms with Crippen molar-refractivity contribution in [3.8, 4) is 0 Å². The number of nitrogens with one attached hydrogen (secondary N) is 1. The largest absolute Gasteiger partial charge is 0.416 e. The Morgan fingerprint density at radius 1 is 1.30 bits per heavy atom. The van der Waals surface area contributed by atoms with Gasteiger partial charge < -0.3 is 10.4 Å². The highest BCUT2D eigenvalue weighted by Gasteiger charge is 2.31. The molecule has 8 heteroatoms. The number of benzene rings is 1. The summed E-state index contributed by atoms with van der Waals surface area (Å²) in [4.78, 5) is 0. The zero-order chi connectivity index (χ0) is 17.3. The van der Waals surface area contributed by atoms with E-state index in [2.05, 4.69) is 10.4 Å². The minimum Gasteiger partial charge on any atom is -0.384 e. The van der Waals surface area contributed by atoms with E-state index in [9.17, 15) is 18.3 Å². The number of rotatable bonds is 5. The van der Waals surface area contributed by atoms with Gasteiger partial charge in [0, 0.05) is 36.9 Å². The predicted octanol–water partition coefficient (Wildman–Crippen LogP) is 3.09. The number of nitrogens with zero attached hydrogens (tertiary/aromatic N) is 2. The van der Waals surface area contributed by atoms with Crippen LogP contribution in [-0.4, -0.2) is 21.4 Å². The van der Waals surface area contributed by atoms with Gasteiger partial charge in [0.1, 0.15) is 5.60 Å². The van der Waals surface area contributed by atoms with Gasteiger partial charge in [-0.2, -0.15) is 18.3 Å². The van der Waals surface area contributed by atoms with Crippen LogP contribution in [0, 0.1) is 0 Å². The number of aryl methyl sites for hydroxylation is 1. The van der Waals surface area contributed by atoms with E-state index in [4.69, 9.17) is 11.6 Å². The standard InChI is InChI=1S/C15H17ClF3N3O/c1-14(23,12-7-21-22(2)8-12)9-20-6-10-5-11(15(17,18)19)3-4-13(10)16/h3-5,7-8,20,23H,6,9H2,1-2H3/t14-/m0/s1. The normalized spacial score (nSPS) is 14.7. The van der Waals surface area contributed by atoms with Crippen molar-refractivity contribution in [2.45, 2.75) is 25.2 Å². The molecule has 0 fully saturated rings. The van der Waals surface area contributed by atoms with Crippen LogP contribution in [0.15, 0.2) is 30.6 Å². The molecule has 2 N–H and O–H groups in total. The Morgan fingerprint density at radius 3 is 2.57 bits per heavy atom. The van der Waals surface area contributed by atoms with Crippen molar-refractivity contribution in [2.75, 3.05) is 6.54 Å². The Bertz CT molecular complexity index is 683. The Labute approximate surface area is 136 Å². The molecular formula is C15H17ClF3N3O. The Hall–Kier alpha value is -1.57. The molecule has 0 amide bonds. The molecule has 0 aliphatic carbocycles. The second-order valence-corrected chi connectivity index (χ2v) is 5.99. The molecular weight excluding hydrogens is 331 g/mol. The number of aromatic nitrogens is 2. The molecule has 2 rings (SSSR count). The lowest BCUT2D eigenvalue weighted by Crippen LogP contribution is -2.35. The maximum absolute atomic E-state index is 12.7. The first-order valence-corrected chi connectivity index (χ1v) is 7.25. The predicted molar refractivity (Wildman–Crippen MR) is 80.9 cm³/mol. The van der Waals surface area contributed by atoms with Crippen LogP contribution in [0.1, 0.15) is 23.6 Å². The van der Waals surface area contributed by atoms with Crippen LogP contribution in [0.5, 0.6) is 0 Å². The smallest absolute Gasteiger partial charge is 0.384 e. The van der Waals surface area contributed by atoms with Crippen LogP contribution in [-0.2, 0) is 25.4 Å². The fourth-order valence-electron chi connectivity index (χ4n) is 2.13.